The summed E-state index contributed by atoms with van der Waals surface area (Å²) in [5.41, 5.74) is 0. The van der Waals surface area contributed by atoms with Crippen LogP contribution in [0.4, 0.5) is 0 Å². The van der Waals surface area contributed by atoms with Gasteiger partial charge in [0, 0.05) is 31.5 Å². The first-order valence-corrected chi connectivity index (χ1v) is 7.80. The van der Waals surface area contributed by atoms with Gasteiger partial charge in [-0.05, 0) is 12.8 Å². The highest BCUT2D eigenvalue weighted by Crippen LogP contribution is 2.16. The summed E-state index contributed by atoms with van der Waals surface area (Å²) >= 11 is 0. The van der Waals surface area contributed by atoms with Crippen LogP contribution in [0.15, 0.2) is 18.7 Å². The maximum atomic E-state index is 11.4. The lowest BCUT2D eigenvalue weighted by Crippen LogP contribution is -2.36. The van der Waals surface area contributed by atoms with E-state index in [2.05, 4.69) is 4.98 Å². The van der Waals surface area contributed by atoms with Crippen LogP contribution in [-0.2, 0) is 21.2 Å². The third-order valence-corrected chi connectivity index (χ3v) is 4.95. The Kier molecular flexibility index (Phi) is 4.00. The summed E-state index contributed by atoms with van der Waals surface area (Å²) in [5, 5.41) is 0. The molecule has 1 aromatic rings. The highest BCUT2D eigenvalue weighted by atomic mass is 32.2. The average molecular weight is 271 g/mol. The zero-order valence-corrected chi connectivity index (χ0v) is 10.9. The molecule has 2 heterocycles. The van der Waals surface area contributed by atoms with Crippen molar-refractivity contribution in [2.24, 2.45) is 0 Å². The second kappa shape index (κ2) is 5.51. The van der Waals surface area contributed by atoms with Crippen molar-refractivity contribution >= 4 is 16.2 Å². The van der Waals surface area contributed by atoms with Crippen LogP contribution in [0, 0.1) is 0 Å². The predicted molar refractivity (Wildman–Crippen MR) is 66.7 cm³/mol. The van der Waals surface area contributed by atoms with Gasteiger partial charge in [0.2, 0.25) is 6.41 Å². The van der Waals surface area contributed by atoms with E-state index in [0.717, 1.165) is 19.4 Å². The molecule has 0 aliphatic carbocycles. The smallest absolute Gasteiger partial charge is 0.209 e. The summed E-state index contributed by atoms with van der Waals surface area (Å²) in [4.78, 5) is 16.6. The fourth-order valence-corrected chi connectivity index (χ4v) is 3.96. The molecular weight excluding hydrogens is 254 g/mol. The van der Waals surface area contributed by atoms with Gasteiger partial charge in [-0.3, -0.25) is 4.79 Å². The van der Waals surface area contributed by atoms with Crippen LogP contribution in [0.1, 0.15) is 12.8 Å². The number of carbonyl (C=O) groups excluding carboxylic acids is 1. The van der Waals surface area contributed by atoms with Gasteiger partial charge in [0.15, 0.2) is 9.84 Å². The Labute approximate surface area is 107 Å². The van der Waals surface area contributed by atoms with E-state index in [9.17, 15) is 13.2 Å². The molecule has 0 bridgehead atoms. The van der Waals surface area contributed by atoms with Gasteiger partial charge < -0.3 is 9.47 Å². The Morgan fingerprint density at radius 3 is 2.89 bits per heavy atom. The number of aryl methyl sites for hydroxylation is 1. The van der Waals surface area contributed by atoms with E-state index in [0.29, 0.717) is 13.0 Å². The molecule has 0 aromatic carbocycles. The number of sulfone groups is 1. The second-order valence-corrected chi connectivity index (χ2v) is 6.78. The van der Waals surface area contributed by atoms with Crippen LogP contribution in [-0.4, -0.2) is 53.4 Å². The summed E-state index contributed by atoms with van der Waals surface area (Å²) in [6.45, 7) is 1.37. The molecule has 0 N–H and O–H groups in total. The van der Waals surface area contributed by atoms with Crippen LogP contribution >= 0.6 is 0 Å². The van der Waals surface area contributed by atoms with Gasteiger partial charge in [0.25, 0.3) is 0 Å². The first-order chi connectivity index (χ1) is 8.61. The molecule has 100 valence electrons. The molecule has 1 aliphatic heterocycles. The first kappa shape index (κ1) is 13.1. The monoisotopic (exact) mass is 271 g/mol. The Bertz CT molecular complexity index is 484. The van der Waals surface area contributed by atoms with Crippen molar-refractivity contribution in [1.82, 2.24) is 14.5 Å². The minimum atomic E-state index is -2.93. The van der Waals surface area contributed by atoms with Gasteiger partial charge in [-0.1, -0.05) is 0 Å². The lowest BCUT2D eigenvalue weighted by Gasteiger charge is -2.23. The van der Waals surface area contributed by atoms with E-state index < -0.39 is 9.84 Å². The van der Waals surface area contributed by atoms with Crippen LogP contribution in [0.3, 0.4) is 0 Å². The maximum absolute atomic E-state index is 11.4. The molecule has 6 nitrogen and oxygen atoms in total. The average Bonchev–Trinajstić information content (AvgIpc) is 2.94. The Morgan fingerprint density at radius 2 is 2.33 bits per heavy atom. The molecule has 2 rings (SSSR count). The molecule has 0 radical (unpaired) electrons. The van der Waals surface area contributed by atoms with Crippen molar-refractivity contribution in [1.29, 1.82) is 0 Å². The van der Waals surface area contributed by atoms with E-state index in [4.69, 9.17) is 0 Å². The van der Waals surface area contributed by atoms with Crippen molar-refractivity contribution in [2.45, 2.75) is 25.4 Å². The molecule has 1 aliphatic rings. The van der Waals surface area contributed by atoms with E-state index in [-0.39, 0.29) is 17.5 Å². The number of nitrogens with zero attached hydrogens (tertiary/aromatic N) is 3. The zero-order chi connectivity index (χ0) is 13.0. The quantitative estimate of drug-likeness (QED) is 0.678. The minimum Gasteiger partial charge on any atom is -0.341 e. The van der Waals surface area contributed by atoms with Gasteiger partial charge in [-0.15, -0.1) is 0 Å². The molecule has 7 heteroatoms. The number of hydrogen-bond donors (Lipinski definition) is 0. The predicted octanol–water partition coefficient (Wildman–Crippen LogP) is -0.0813. The fourth-order valence-electron chi connectivity index (χ4n) is 2.21. The maximum Gasteiger partial charge on any atom is 0.209 e. The first-order valence-electron chi connectivity index (χ1n) is 5.98. The Morgan fingerprint density at radius 1 is 1.50 bits per heavy atom. The molecule has 1 atom stereocenters. The highest BCUT2D eigenvalue weighted by molar-refractivity contribution is 7.91. The highest BCUT2D eigenvalue weighted by Gasteiger charge is 2.31. The van der Waals surface area contributed by atoms with E-state index >= 15 is 0 Å². The number of imidazole rings is 1. The molecule has 18 heavy (non-hydrogen) atoms. The number of amides is 1. The molecule has 1 saturated heterocycles. The topological polar surface area (TPSA) is 72.3 Å². The van der Waals surface area contributed by atoms with Gasteiger partial charge in [0.05, 0.1) is 17.8 Å². The third-order valence-electron chi connectivity index (χ3n) is 3.20. The van der Waals surface area contributed by atoms with Gasteiger partial charge in [0.1, 0.15) is 0 Å². The van der Waals surface area contributed by atoms with Crippen molar-refractivity contribution in [3.05, 3.63) is 18.7 Å². The number of rotatable bonds is 6. The lowest BCUT2D eigenvalue weighted by atomic mass is 10.2. The van der Waals surface area contributed by atoms with Gasteiger partial charge in [-0.25, -0.2) is 13.4 Å². The SMILES string of the molecule is O=CN(CCCn1ccnc1)C1CCS(=O)(=O)C1. The summed E-state index contributed by atoms with van der Waals surface area (Å²) in [6, 6.07) is -0.143. The summed E-state index contributed by atoms with van der Waals surface area (Å²) in [5.74, 6) is 0.306. The molecule has 0 spiro atoms. The standard InChI is InChI=1S/C11H17N3O3S/c15-10-14(11-2-7-18(16,17)8-11)5-1-4-13-6-3-12-9-13/h3,6,9-11H,1-2,4-5,7-8H2. The van der Waals surface area contributed by atoms with E-state index in [1.807, 2.05) is 10.8 Å². The third kappa shape index (κ3) is 3.32. The molecule has 1 unspecified atom stereocenters. The van der Waals surface area contributed by atoms with Crippen LogP contribution < -0.4 is 0 Å². The fraction of sp³-hybridized carbons (Fsp3) is 0.636. The lowest BCUT2D eigenvalue weighted by molar-refractivity contribution is -0.119. The minimum absolute atomic E-state index is 0.108. The summed E-state index contributed by atoms with van der Waals surface area (Å²) < 4.78 is 24.7. The van der Waals surface area contributed by atoms with E-state index in [1.165, 1.54) is 0 Å². The van der Waals surface area contributed by atoms with Crippen molar-refractivity contribution in [3.8, 4) is 0 Å². The number of hydrogen-bond acceptors (Lipinski definition) is 4. The Hall–Kier alpha value is -1.37. The summed E-state index contributed by atoms with van der Waals surface area (Å²) in [7, 11) is -2.93. The van der Waals surface area contributed by atoms with E-state index in [1.54, 1.807) is 17.4 Å². The van der Waals surface area contributed by atoms with Gasteiger partial charge in [-0.2, -0.15) is 0 Å². The molecule has 1 fully saturated rings. The zero-order valence-electron chi connectivity index (χ0n) is 10.1. The van der Waals surface area contributed by atoms with Crippen LogP contribution in [0.25, 0.3) is 0 Å². The molecule has 1 amide bonds. The molecular formula is C11H17N3O3S. The Balaban J connectivity index is 1.81. The van der Waals surface area contributed by atoms with Crippen LogP contribution in [0.5, 0.6) is 0 Å². The normalized spacial score (nSPS) is 21.9. The van der Waals surface area contributed by atoms with Crippen molar-refractivity contribution < 1.29 is 13.2 Å². The largest absolute Gasteiger partial charge is 0.341 e. The second-order valence-electron chi connectivity index (χ2n) is 4.55. The van der Waals surface area contributed by atoms with Gasteiger partial charge >= 0.3 is 0 Å². The summed E-state index contributed by atoms with van der Waals surface area (Å²) in [6.07, 6.45) is 7.43. The van der Waals surface area contributed by atoms with Crippen molar-refractivity contribution in [2.75, 3.05) is 18.1 Å². The van der Waals surface area contributed by atoms with Crippen LogP contribution in [0.2, 0.25) is 0 Å². The number of carbonyl (C=O) groups is 1. The molecule has 0 saturated carbocycles. The number of aromatic nitrogens is 2. The molecule has 1 aromatic heterocycles. The van der Waals surface area contributed by atoms with Crippen molar-refractivity contribution in [3.63, 3.8) is 0 Å².